The Bertz CT molecular complexity index is 985. The van der Waals surface area contributed by atoms with E-state index < -0.39 is 10.0 Å². The highest BCUT2D eigenvalue weighted by molar-refractivity contribution is 7.89. The number of benzene rings is 1. The van der Waals surface area contributed by atoms with E-state index in [4.69, 9.17) is 4.74 Å². The zero-order valence-electron chi connectivity index (χ0n) is 17.7. The Labute approximate surface area is 183 Å². The number of hydrogen-bond donors (Lipinski definition) is 0. The summed E-state index contributed by atoms with van der Waals surface area (Å²) in [7, 11) is -3.56. The van der Waals surface area contributed by atoms with E-state index >= 15 is 0 Å². The third-order valence-corrected chi connectivity index (χ3v) is 8.72. The number of nitrogens with zero attached hydrogens (tertiary/aromatic N) is 3. The van der Waals surface area contributed by atoms with Gasteiger partial charge in [-0.1, -0.05) is 0 Å². The summed E-state index contributed by atoms with van der Waals surface area (Å²) < 4.78 is 32.7. The molecule has 3 fully saturated rings. The third kappa shape index (κ3) is 3.99. The maximum Gasteiger partial charge on any atom is 0.243 e. The first-order chi connectivity index (χ1) is 14.9. The van der Waals surface area contributed by atoms with Crippen molar-refractivity contribution >= 4 is 27.5 Å². The number of rotatable bonds is 4. The Hall–Kier alpha value is -1.97. The minimum atomic E-state index is -3.56. The van der Waals surface area contributed by atoms with Crippen molar-refractivity contribution in [2.45, 2.75) is 37.0 Å². The summed E-state index contributed by atoms with van der Waals surface area (Å²) in [4.78, 5) is 29.7. The molecular weight excluding hydrogens is 418 g/mol. The first-order valence-corrected chi connectivity index (χ1v) is 12.7. The SMILES string of the molecule is O=C(C1CC1)N1CCCC(C(=O)N2CCc3cc(S(=O)(=O)N4CCOCC4)ccc32)C1. The minimum absolute atomic E-state index is 0.0517. The number of morpholine rings is 1. The van der Waals surface area contributed by atoms with Crippen LogP contribution in [0.3, 0.4) is 0 Å². The first-order valence-electron chi connectivity index (χ1n) is 11.3. The monoisotopic (exact) mass is 447 g/mol. The van der Waals surface area contributed by atoms with Gasteiger partial charge in [-0.3, -0.25) is 9.59 Å². The van der Waals surface area contributed by atoms with Gasteiger partial charge in [0.2, 0.25) is 21.8 Å². The van der Waals surface area contributed by atoms with Crippen LogP contribution in [0.5, 0.6) is 0 Å². The zero-order valence-corrected chi connectivity index (χ0v) is 18.5. The Morgan fingerprint density at radius 1 is 0.935 bits per heavy atom. The molecule has 1 aliphatic carbocycles. The second kappa shape index (κ2) is 8.18. The summed E-state index contributed by atoms with van der Waals surface area (Å²) in [5.74, 6) is 0.250. The molecule has 2 saturated heterocycles. The van der Waals surface area contributed by atoms with Crippen LogP contribution in [0.4, 0.5) is 5.69 Å². The van der Waals surface area contributed by atoms with Crippen molar-refractivity contribution in [3.05, 3.63) is 23.8 Å². The lowest BCUT2D eigenvalue weighted by molar-refractivity contribution is -0.136. The van der Waals surface area contributed by atoms with Crippen LogP contribution in [0.25, 0.3) is 0 Å². The van der Waals surface area contributed by atoms with Gasteiger partial charge < -0.3 is 14.5 Å². The average Bonchev–Trinajstić information content (AvgIpc) is 3.57. The number of likely N-dealkylation sites (tertiary alicyclic amines) is 1. The molecule has 1 unspecified atom stereocenters. The molecule has 9 heteroatoms. The molecule has 1 saturated carbocycles. The number of anilines is 1. The molecule has 1 aromatic rings. The molecule has 2 amide bonds. The highest BCUT2D eigenvalue weighted by Crippen LogP contribution is 2.35. The van der Waals surface area contributed by atoms with Crippen molar-refractivity contribution in [3.8, 4) is 0 Å². The number of piperidine rings is 1. The van der Waals surface area contributed by atoms with Crippen LogP contribution in [-0.2, 0) is 30.8 Å². The van der Waals surface area contributed by atoms with Crippen LogP contribution in [0.2, 0.25) is 0 Å². The van der Waals surface area contributed by atoms with Crippen molar-refractivity contribution in [1.29, 1.82) is 0 Å². The molecule has 0 N–H and O–H groups in total. The summed E-state index contributed by atoms with van der Waals surface area (Å²) >= 11 is 0. The lowest BCUT2D eigenvalue weighted by atomic mass is 9.96. The molecule has 3 heterocycles. The standard InChI is InChI=1S/C22H29N3O5S/c26-21(16-3-4-16)23-8-1-2-18(15-23)22(27)25-9-7-17-14-19(5-6-20(17)25)31(28,29)24-10-12-30-13-11-24/h5-6,14,16,18H,1-4,7-13,15H2. The Morgan fingerprint density at radius 3 is 2.45 bits per heavy atom. The van der Waals surface area contributed by atoms with E-state index in [0.29, 0.717) is 45.8 Å². The van der Waals surface area contributed by atoms with Gasteiger partial charge in [0, 0.05) is 44.3 Å². The molecular formula is C22H29N3O5S. The van der Waals surface area contributed by atoms with Gasteiger partial charge in [0.15, 0.2) is 0 Å². The maximum absolute atomic E-state index is 13.3. The van der Waals surface area contributed by atoms with Crippen molar-refractivity contribution in [2.75, 3.05) is 50.8 Å². The van der Waals surface area contributed by atoms with Gasteiger partial charge >= 0.3 is 0 Å². The summed E-state index contributed by atoms with van der Waals surface area (Å²) in [6.07, 6.45) is 4.24. The van der Waals surface area contributed by atoms with Gasteiger partial charge in [-0.25, -0.2) is 8.42 Å². The number of hydrogen-bond acceptors (Lipinski definition) is 5. The number of amides is 2. The van der Waals surface area contributed by atoms with Crippen LogP contribution >= 0.6 is 0 Å². The van der Waals surface area contributed by atoms with Gasteiger partial charge in [0.05, 0.1) is 24.0 Å². The van der Waals surface area contributed by atoms with E-state index in [-0.39, 0.29) is 28.5 Å². The van der Waals surface area contributed by atoms with E-state index in [9.17, 15) is 18.0 Å². The molecule has 0 spiro atoms. The molecule has 0 radical (unpaired) electrons. The van der Waals surface area contributed by atoms with Crippen LogP contribution < -0.4 is 4.90 Å². The molecule has 5 rings (SSSR count). The molecule has 31 heavy (non-hydrogen) atoms. The highest BCUT2D eigenvalue weighted by atomic mass is 32.2. The molecule has 4 aliphatic rings. The van der Waals surface area contributed by atoms with E-state index in [2.05, 4.69) is 0 Å². The number of carbonyl (C=O) groups is 2. The molecule has 8 nitrogen and oxygen atoms in total. The normalized spacial score (nSPS) is 24.8. The molecule has 0 bridgehead atoms. The molecule has 168 valence electrons. The maximum atomic E-state index is 13.3. The molecule has 1 aromatic carbocycles. The van der Waals surface area contributed by atoms with Crippen molar-refractivity contribution in [3.63, 3.8) is 0 Å². The molecule has 0 aromatic heterocycles. The van der Waals surface area contributed by atoms with Gasteiger partial charge in [-0.15, -0.1) is 0 Å². The summed E-state index contributed by atoms with van der Waals surface area (Å²) in [6, 6.07) is 5.10. The topological polar surface area (TPSA) is 87.2 Å². The fraction of sp³-hybridized carbons (Fsp3) is 0.636. The van der Waals surface area contributed by atoms with Gasteiger partial charge in [0.1, 0.15) is 0 Å². The van der Waals surface area contributed by atoms with Crippen LogP contribution in [0.15, 0.2) is 23.1 Å². The van der Waals surface area contributed by atoms with Gasteiger partial charge in [-0.05, 0) is 55.9 Å². The van der Waals surface area contributed by atoms with Crippen molar-refractivity contribution in [2.24, 2.45) is 11.8 Å². The fourth-order valence-corrected chi connectivity index (χ4v) is 6.35. The summed E-state index contributed by atoms with van der Waals surface area (Å²) in [6.45, 7) is 3.36. The largest absolute Gasteiger partial charge is 0.379 e. The van der Waals surface area contributed by atoms with Gasteiger partial charge in [0.25, 0.3) is 0 Å². The predicted molar refractivity (Wildman–Crippen MR) is 114 cm³/mol. The first kappa shape index (κ1) is 20.9. The number of sulfonamides is 1. The quantitative estimate of drug-likeness (QED) is 0.693. The lowest BCUT2D eigenvalue weighted by Crippen LogP contribution is -2.47. The van der Waals surface area contributed by atoms with E-state index in [0.717, 1.165) is 43.5 Å². The third-order valence-electron chi connectivity index (χ3n) is 6.83. The average molecular weight is 448 g/mol. The Morgan fingerprint density at radius 2 is 1.71 bits per heavy atom. The summed E-state index contributed by atoms with van der Waals surface area (Å²) in [5.41, 5.74) is 1.70. The van der Waals surface area contributed by atoms with Crippen LogP contribution in [-0.4, -0.2) is 75.4 Å². The predicted octanol–water partition coefficient (Wildman–Crippen LogP) is 1.25. The van der Waals surface area contributed by atoms with E-state index in [1.807, 2.05) is 4.90 Å². The number of ether oxygens (including phenoxy) is 1. The van der Waals surface area contributed by atoms with Crippen LogP contribution in [0.1, 0.15) is 31.2 Å². The van der Waals surface area contributed by atoms with E-state index in [1.165, 1.54) is 4.31 Å². The van der Waals surface area contributed by atoms with Crippen molar-refractivity contribution < 1.29 is 22.7 Å². The van der Waals surface area contributed by atoms with Crippen molar-refractivity contribution in [1.82, 2.24) is 9.21 Å². The summed E-state index contributed by atoms with van der Waals surface area (Å²) in [5, 5.41) is 0. The molecule has 1 atom stereocenters. The second-order valence-corrected chi connectivity index (χ2v) is 10.9. The highest BCUT2D eigenvalue weighted by Gasteiger charge is 2.39. The van der Waals surface area contributed by atoms with Gasteiger partial charge in [-0.2, -0.15) is 4.31 Å². The fourth-order valence-electron chi connectivity index (χ4n) is 4.89. The smallest absolute Gasteiger partial charge is 0.243 e. The Balaban J connectivity index is 1.31. The second-order valence-electron chi connectivity index (χ2n) is 8.94. The zero-order chi connectivity index (χ0) is 21.6. The lowest BCUT2D eigenvalue weighted by Gasteiger charge is -2.34. The van der Waals surface area contributed by atoms with Crippen LogP contribution in [0, 0.1) is 11.8 Å². The number of carbonyl (C=O) groups excluding carboxylic acids is 2. The van der Waals surface area contributed by atoms with E-state index in [1.54, 1.807) is 23.1 Å². The molecule has 3 aliphatic heterocycles. The minimum Gasteiger partial charge on any atom is -0.379 e. The number of fused-ring (bicyclic) bond motifs is 1. The Kier molecular flexibility index (Phi) is 5.52.